The topological polar surface area (TPSA) is 84.3 Å². The standard InChI is InChI=1S/C16H14N2O4/c19-16(22-17-12-14-5-2-1-3-6-14)10-9-13-7-4-8-15(11-13)18(20)21/h1-11,17H,12H2/q+1/b10-9+. The van der Waals surface area contributed by atoms with Gasteiger partial charge in [0.1, 0.15) is 0 Å². The summed E-state index contributed by atoms with van der Waals surface area (Å²) in [5.74, 6) is -0.581. The molecule has 22 heavy (non-hydrogen) atoms. The van der Waals surface area contributed by atoms with Crippen molar-refractivity contribution in [2.24, 2.45) is 0 Å². The smallest absolute Gasteiger partial charge is 0.258 e. The molecule has 0 fully saturated rings. The van der Waals surface area contributed by atoms with Crippen molar-refractivity contribution in [3.05, 3.63) is 81.9 Å². The number of carbonyl (C=O) groups is 1. The lowest BCUT2D eigenvalue weighted by molar-refractivity contribution is -0.384. The Bertz CT molecular complexity index is 684. The molecule has 0 aliphatic rings. The molecule has 0 saturated heterocycles. The lowest BCUT2D eigenvalue weighted by atomic mass is 10.2. The van der Waals surface area contributed by atoms with Gasteiger partial charge in [-0.2, -0.15) is 4.84 Å². The van der Waals surface area contributed by atoms with Crippen LogP contribution in [-0.2, 0) is 16.2 Å². The largest absolute Gasteiger partial charge is 0.623 e. The van der Waals surface area contributed by atoms with Gasteiger partial charge in [-0.15, -0.1) is 0 Å². The summed E-state index contributed by atoms with van der Waals surface area (Å²) in [5, 5.41) is 10.6. The summed E-state index contributed by atoms with van der Waals surface area (Å²) in [6.45, 7) is 0.400. The van der Waals surface area contributed by atoms with Gasteiger partial charge in [0.2, 0.25) is 0 Å². The van der Waals surface area contributed by atoms with Crippen LogP contribution in [0.25, 0.3) is 6.08 Å². The predicted octanol–water partition coefficient (Wildman–Crippen LogP) is 2.86. The molecule has 0 unspecified atom stereocenters. The van der Waals surface area contributed by atoms with E-state index in [0.717, 1.165) is 5.56 Å². The number of nitro groups is 1. The second kappa shape index (κ2) is 7.70. The van der Waals surface area contributed by atoms with Crippen LogP contribution in [0.15, 0.2) is 60.7 Å². The van der Waals surface area contributed by atoms with Crippen molar-refractivity contribution in [2.75, 3.05) is 0 Å². The van der Waals surface area contributed by atoms with Crippen LogP contribution < -0.4 is 5.48 Å². The summed E-state index contributed by atoms with van der Waals surface area (Å²) >= 11 is 0. The fourth-order valence-electron chi connectivity index (χ4n) is 1.73. The zero-order chi connectivity index (χ0) is 15.8. The van der Waals surface area contributed by atoms with E-state index < -0.39 is 10.9 Å². The molecule has 0 heterocycles. The van der Waals surface area contributed by atoms with E-state index in [1.165, 1.54) is 24.3 Å². The highest BCUT2D eigenvalue weighted by molar-refractivity contribution is 5.86. The number of hydroxylamine groups is 1. The molecule has 0 spiro atoms. The first-order valence-corrected chi connectivity index (χ1v) is 6.55. The number of benzene rings is 2. The van der Waals surface area contributed by atoms with E-state index in [0.29, 0.717) is 12.1 Å². The normalized spacial score (nSPS) is 10.5. The average molecular weight is 298 g/mol. The van der Waals surface area contributed by atoms with Gasteiger partial charge in [-0.1, -0.05) is 42.5 Å². The third-order valence-electron chi connectivity index (χ3n) is 2.78. The lowest BCUT2D eigenvalue weighted by Gasteiger charge is -1.96. The van der Waals surface area contributed by atoms with Crippen molar-refractivity contribution in [3.8, 4) is 0 Å². The molecule has 0 saturated carbocycles. The van der Waals surface area contributed by atoms with Crippen LogP contribution in [0.2, 0.25) is 0 Å². The number of carbonyl (C=O) groups excluding carboxylic acids is 1. The van der Waals surface area contributed by atoms with E-state index in [1.807, 2.05) is 30.3 Å². The van der Waals surface area contributed by atoms with Gasteiger partial charge in [0.15, 0.2) is 0 Å². The Labute approximate surface area is 127 Å². The maximum atomic E-state index is 11.5. The zero-order valence-corrected chi connectivity index (χ0v) is 11.6. The van der Waals surface area contributed by atoms with Crippen molar-refractivity contribution in [3.63, 3.8) is 0 Å². The Morgan fingerprint density at radius 1 is 1.23 bits per heavy atom. The summed E-state index contributed by atoms with van der Waals surface area (Å²) < 4.78 is 0. The number of nitro benzene ring substituents is 1. The summed E-state index contributed by atoms with van der Waals surface area (Å²) in [6.07, 6.45) is 2.66. The molecule has 2 aromatic carbocycles. The van der Waals surface area contributed by atoms with E-state index in [-0.39, 0.29) is 5.69 Å². The number of hydrogen-bond donors (Lipinski definition) is 1. The Hall–Kier alpha value is -2.99. The Kier molecular flexibility index (Phi) is 5.39. The molecule has 111 valence electrons. The number of nitrogens with one attached hydrogen (secondary N) is 1. The minimum Gasteiger partial charge on any atom is -0.258 e. The van der Waals surface area contributed by atoms with Crippen molar-refractivity contribution < 1.29 is 14.6 Å². The van der Waals surface area contributed by atoms with Gasteiger partial charge in [-0.05, 0) is 22.7 Å². The fraction of sp³-hybridized carbons (Fsp3) is 0.0625. The van der Waals surface area contributed by atoms with Gasteiger partial charge in [0.25, 0.3) is 5.69 Å². The molecule has 0 aliphatic heterocycles. The van der Waals surface area contributed by atoms with Gasteiger partial charge in [-0.25, -0.2) is 0 Å². The minimum absolute atomic E-state index is 0.0299. The van der Waals surface area contributed by atoms with E-state index in [9.17, 15) is 14.9 Å². The van der Waals surface area contributed by atoms with Gasteiger partial charge < -0.3 is 0 Å². The summed E-state index contributed by atoms with van der Waals surface area (Å²) in [4.78, 5) is 26.5. The minimum atomic E-state index is -0.581. The van der Waals surface area contributed by atoms with Crippen molar-refractivity contribution in [2.45, 2.75) is 6.54 Å². The van der Waals surface area contributed by atoms with Gasteiger partial charge in [0, 0.05) is 12.1 Å². The molecule has 1 radical (unpaired) electrons. The number of hydrogen-bond acceptors (Lipinski definition) is 5. The highest BCUT2D eigenvalue weighted by atomic mass is 16.7. The molecule has 6 nitrogen and oxygen atoms in total. The molecule has 1 N–H and O–H groups in total. The quantitative estimate of drug-likeness (QED) is 0.383. The Balaban J connectivity index is 1.84. The van der Waals surface area contributed by atoms with E-state index >= 15 is 0 Å². The molecule has 0 amide bonds. The van der Waals surface area contributed by atoms with Crippen molar-refractivity contribution in [1.29, 1.82) is 0 Å². The second-order valence-electron chi connectivity index (χ2n) is 4.41. The first-order chi connectivity index (χ1) is 10.6. The molecule has 0 aromatic heterocycles. The van der Waals surface area contributed by atoms with Crippen molar-refractivity contribution >= 4 is 17.7 Å². The van der Waals surface area contributed by atoms with Crippen LogP contribution in [0.3, 0.4) is 0 Å². The molecule has 2 aromatic rings. The van der Waals surface area contributed by atoms with Gasteiger partial charge in [-0.3, -0.25) is 10.1 Å². The third-order valence-corrected chi connectivity index (χ3v) is 2.78. The number of rotatable bonds is 6. The van der Waals surface area contributed by atoms with E-state index in [1.54, 1.807) is 12.1 Å². The van der Waals surface area contributed by atoms with Crippen LogP contribution in [0.4, 0.5) is 5.69 Å². The van der Waals surface area contributed by atoms with Crippen molar-refractivity contribution in [1.82, 2.24) is 5.48 Å². The third kappa shape index (κ3) is 4.84. The summed E-state index contributed by atoms with van der Waals surface area (Å²) in [5.41, 5.74) is 4.06. The zero-order valence-electron chi connectivity index (χ0n) is 11.6. The molecule has 6 heteroatoms. The number of non-ortho nitro benzene ring substituents is 1. The lowest BCUT2D eigenvalue weighted by Crippen LogP contribution is -2.17. The molecule has 0 bridgehead atoms. The fourth-order valence-corrected chi connectivity index (χ4v) is 1.73. The first kappa shape index (κ1) is 15.4. The van der Waals surface area contributed by atoms with Crippen LogP contribution in [0, 0.1) is 10.1 Å². The van der Waals surface area contributed by atoms with Crippen LogP contribution in [-0.4, -0.2) is 10.9 Å². The van der Waals surface area contributed by atoms with Crippen LogP contribution in [0.1, 0.15) is 11.1 Å². The predicted molar refractivity (Wildman–Crippen MR) is 81.5 cm³/mol. The average Bonchev–Trinajstić information content (AvgIpc) is 2.54. The summed E-state index contributed by atoms with van der Waals surface area (Å²) in [6, 6.07) is 15.5. The number of nitrogens with zero attached hydrogens (tertiary/aromatic N) is 1. The molecule has 0 atom stereocenters. The first-order valence-electron chi connectivity index (χ1n) is 6.55. The monoisotopic (exact) mass is 298 g/mol. The second-order valence-corrected chi connectivity index (χ2v) is 4.41. The van der Waals surface area contributed by atoms with Crippen LogP contribution >= 0.6 is 0 Å². The molecule has 0 aliphatic carbocycles. The molecular weight excluding hydrogens is 284 g/mol. The van der Waals surface area contributed by atoms with Gasteiger partial charge >= 0.3 is 5.97 Å². The molecular formula is C16H14N2O4+. The highest BCUT2D eigenvalue weighted by Crippen LogP contribution is 2.14. The Morgan fingerprint density at radius 3 is 2.73 bits per heavy atom. The highest BCUT2D eigenvalue weighted by Gasteiger charge is 2.12. The maximum Gasteiger partial charge on any atom is 0.623 e. The van der Waals surface area contributed by atoms with Crippen LogP contribution in [0.5, 0.6) is 0 Å². The summed E-state index contributed by atoms with van der Waals surface area (Å²) in [7, 11) is 0. The Morgan fingerprint density at radius 2 is 2.00 bits per heavy atom. The van der Waals surface area contributed by atoms with E-state index in [4.69, 9.17) is 4.84 Å². The van der Waals surface area contributed by atoms with Gasteiger partial charge in [0.05, 0.1) is 22.3 Å². The van der Waals surface area contributed by atoms with E-state index in [2.05, 4.69) is 5.48 Å². The SMILES string of the molecule is O=[N+]([O-])c1cccc(/C=C/C(=[O+])ONCc2ccccc2)c1. The maximum absolute atomic E-state index is 11.5. The molecule has 2 rings (SSSR count).